The Morgan fingerprint density at radius 2 is 1.09 bits per heavy atom. The Labute approximate surface area is 331 Å². The number of aromatic nitrogens is 1. The normalized spacial score (nSPS) is 21.1. The van der Waals surface area contributed by atoms with Crippen LogP contribution in [0.4, 0.5) is 0 Å². The van der Waals surface area contributed by atoms with E-state index in [0.717, 1.165) is 66.5 Å². The largest absolute Gasteiger partial charge is 0.478 e. The number of carboxylic acid groups (broad SMARTS) is 2. The molecule has 4 aromatic carbocycles. The van der Waals surface area contributed by atoms with Crippen molar-refractivity contribution in [2.45, 2.75) is 13.0 Å². The maximum Gasteiger partial charge on any atom is 0.335 e. The fraction of sp³-hybridized carbons (Fsp3) is 0.0417. The summed E-state index contributed by atoms with van der Waals surface area (Å²) in [5.74, 6) is -1.65. The van der Waals surface area contributed by atoms with Gasteiger partial charge in [-0.05, 0) is 108 Å². The molecular formula is C48H32N4O6. The predicted molar refractivity (Wildman–Crippen MR) is 224 cm³/mol. The Morgan fingerprint density at radius 3 is 1.66 bits per heavy atom. The predicted octanol–water partition coefficient (Wildman–Crippen LogP) is 6.89. The number of hydrogen-bond donors (Lipinski definition) is 3. The first kappa shape index (κ1) is 35.7. The van der Waals surface area contributed by atoms with Gasteiger partial charge >= 0.3 is 11.9 Å². The molecule has 0 saturated carbocycles. The number of H-pyrrole nitrogens is 1. The summed E-state index contributed by atoms with van der Waals surface area (Å²) in [7, 11) is 0. The highest BCUT2D eigenvalue weighted by Gasteiger charge is 2.28. The number of hydrogen-bond acceptors (Lipinski definition) is 7. The number of nitrogens with one attached hydrogen (secondary N) is 1. The first-order valence-corrected chi connectivity index (χ1v) is 18.4. The maximum atomic E-state index is 11.8. The number of carbonyl (C=O) groups excluding carboxylic acids is 1. The van der Waals surface area contributed by atoms with Crippen LogP contribution in [-0.2, 0) is 4.79 Å². The number of nitrogens with zero attached hydrogens (tertiary/aromatic N) is 3. The van der Waals surface area contributed by atoms with Crippen LogP contribution >= 0.6 is 0 Å². The highest BCUT2D eigenvalue weighted by molar-refractivity contribution is 6.35. The second-order valence-corrected chi connectivity index (χ2v) is 13.9. The van der Waals surface area contributed by atoms with Gasteiger partial charge in [-0.25, -0.2) is 19.6 Å². The molecule has 1 atom stereocenters. The minimum atomic E-state index is -1.02. The van der Waals surface area contributed by atoms with Crippen LogP contribution in [0.1, 0.15) is 48.5 Å². The van der Waals surface area contributed by atoms with Gasteiger partial charge in [-0.3, -0.25) is 9.79 Å². The van der Waals surface area contributed by atoms with Crippen LogP contribution in [0.5, 0.6) is 5.75 Å². The standard InChI is InChI=1S/C48H32N4O6/c1-27-2-4-28(5-3-27)43-35-18-20-37(49-35)44(29-6-10-32(11-7-29)47(54)55)39-22-24-41(51-39)46(31-14-16-34(17-15-31)58-26-53)42-25-23-40(52-42)45(38-21-19-36(43)50-38)30-8-12-33(13-9-30)48(56)57/h2-26,39,50H,1H3,(H,54,55)(H,56,57)/b43-36-,44-37-,45-38-,46-42-. The molecule has 9 rings (SSSR count). The summed E-state index contributed by atoms with van der Waals surface area (Å²) in [5.41, 5.74) is 11.2. The fourth-order valence-electron chi connectivity index (χ4n) is 7.53. The Bertz CT molecular complexity index is 2950. The van der Waals surface area contributed by atoms with Gasteiger partial charge in [-0.1, -0.05) is 72.3 Å². The third-order valence-electron chi connectivity index (χ3n) is 10.3. The first-order chi connectivity index (χ1) is 28.2. The molecule has 4 aliphatic rings. The van der Waals surface area contributed by atoms with Gasteiger partial charge in [0.1, 0.15) is 5.75 Å². The number of allylic oxidation sites excluding steroid dienone is 6. The zero-order valence-corrected chi connectivity index (χ0v) is 30.9. The van der Waals surface area contributed by atoms with Crippen molar-refractivity contribution in [3.63, 3.8) is 0 Å². The van der Waals surface area contributed by atoms with Crippen molar-refractivity contribution in [2.75, 3.05) is 0 Å². The highest BCUT2D eigenvalue weighted by Crippen LogP contribution is 2.37. The maximum absolute atomic E-state index is 11.8. The molecule has 0 amide bonds. The summed E-state index contributed by atoms with van der Waals surface area (Å²) < 4.78 is 5.10. The van der Waals surface area contributed by atoms with E-state index in [4.69, 9.17) is 19.7 Å². The number of carboxylic acids is 2. The molecule has 1 unspecified atom stereocenters. The van der Waals surface area contributed by atoms with Crippen LogP contribution in [0.25, 0.3) is 22.3 Å². The van der Waals surface area contributed by atoms with Crippen molar-refractivity contribution in [2.24, 2.45) is 15.0 Å². The summed E-state index contributed by atoms with van der Waals surface area (Å²) in [4.78, 5) is 54.2. The van der Waals surface area contributed by atoms with Crippen LogP contribution in [0.2, 0.25) is 0 Å². The van der Waals surface area contributed by atoms with E-state index in [-0.39, 0.29) is 11.1 Å². The van der Waals surface area contributed by atoms with Crippen molar-refractivity contribution in [3.8, 4) is 5.75 Å². The Hall–Kier alpha value is -7.98. The molecule has 5 heterocycles. The van der Waals surface area contributed by atoms with Crippen LogP contribution in [-0.4, -0.2) is 56.8 Å². The Morgan fingerprint density at radius 1 is 0.586 bits per heavy atom. The zero-order chi connectivity index (χ0) is 39.9. The number of aryl methyl sites for hydroxylation is 1. The van der Waals surface area contributed by atoms with Gasteiger partial charge in [-0.2, -0.15) is 0 Å². The summed E-state index contributed by atoms with van der Waals surface area (Å²) in [6.07, 6.45) is 11.8. The number of aliphatic imine (C=N–C) groups is 3. The van der Waals surface area contributed by atoms with Crippen molar-refractivity contribution in [1.29, 1.82) is 0 Å². The number of aromatic carboxylic acids is 2. The smallest absolute Gasteiger partial charge is 0.335 e. The van der Waals surface area contributed by atoms with E-state index in [2.05, 4.69) is 29.2 Å². The summed E-state index contributed by atoms with van der Waals surface area (Å²) in [5, 5.41) is 20.9. The minimum Gasteiger partial charge on any atom is -0.478 e. The van der Waals surface area contributed by atoms with Gasteiger partial charge < -0.3 is 19.9 Å². The van der Waals surface area contributed by atoms with E-state index >= 15 is 0 Å². The number of rotatable bonds is 8. The summed E-state index contributed by atoms with van der Waals surface area (Å²) in [6, 6.07) is 32.3. The van der Waals surface area contributed by atoms with Gasteiger partial charge in [0.25, 0.3) is 6.47 Å². The molecule has 0 fully saturated rings. The lowest BCUT2D eigenvalue weighted by Crippen LogP contribution is -2.21. The molecular weight excluding hydrogens is 729 g/mol. The molecule has 5 aromatic rings. The van der Waals surface area contributed by atoms with E-state index in [0.29, 0.717) is 35.0 Å². The summed E-state index contributed by atoms with van der Waals surface area (Å²) >= 11 is 0. The fourth-order valence-corrected chi connectivity index (χ4v) is 7.53. The Kier molecular flexibility index (Phi) is 8.98. The van der Waals surface area contributed by atoms with E-state index < -0.39 is 18.0 Å². The third kappa shape index (κ3) is 6.58. The highest BCUT2D eigenvalue weighted by atomic mass is 16.5. The second-order valence-electron chi connectivity index (χ2n) is 13.9. The molecule has 1 aromatic heterocycles. The van der Waals surface area contributed by atoms with Gasteiger partial charge in [0.2, 0.25) is 0 Å². The molecule has 10 heteroatoms. The lowest BCUT2D eigenvalue weighted by atomic mass is 9.96. The van der Waals surface area contributed by atoms with Crippen LogP contribution < -0.4 is 15.4 Å². The van der Waals surface area contributed by atoms with E-state index in [1.807, 2.05) is 67.6 Å². The minimum absolute atomic E-state index is 0.168. The molecule has 10 nitrogen and oxygen atoms in total. The summed E-state index contributed by atoms with van der Waals surface area (Å²) in [6.45, 7) is 2.42. The average Bonchev–Trinajstić information content (AvgIpc) is 4.08. The molecule has 0 aliphatic carbocycles. The lowest BCUT2D eigenvalue weighted by Gasteiger charge is -2.15. The van der Waals surface area contributed by atoms with E-state index in [1.165, 1.54) is 0 Å². The van der Waals surface area contributed by atoms with Crippen molar-refractivity contribution < 1.29 is 29.3 Å². The number of carbonyl (C=O) groups is 3. The third-order valence-corrected chi connectivity index (χ3v) is 10.3. The number of aromatic amines is 1. The van der Waals surface area contributed by atoms with Crippen molar-refractivity contribution >= 4 is 57.8 Å². The van der Waals surface area contributed by atoms with E-state index in [1.54, 1.807) is 60.7 Å². The van der Waals surface area contributed by atoms with Crippen molar-refractivity contribution in [1.82, 2.24) is 4.98 Å². The monoisotopic (exact) mass is 760 g/mol. The first-order valence-electron chi connectivity index (χ1n) is 18.4. The molecule has 280 valence electrons. The molecule has 8 bridgehead atoms. The topological polar surface area (TPSA) is 154 Å². The van der Waals surface area contributed by atoms with Gasteiger partial charge in [0.15, 0.2) is 0 Å². The van der Waals surface area contributed by atoms with Crippen LogP contribution in [0, 0.1) is 6.92 Å². The van der Waals surface area contributed by atoms with Gasteiger partial charge in [-0.15, -0.1) is 0 Å². The number of ether oxygens (including phenoxy) is 1. The average molecular weight is 761 g/mol. The van der Waals surface area contributed by atoms with Crippen LogP contribution in [0.15, 0.2) is 172 Å². The number of fused-ring (bicyclic) bond motifs is 5. The van der Waals surface area contributed by atoms with Gasteiger partial charge in [0, 0.05) is 33.0 Å². The molecule has 0 spiro atoms. The number of benzene rings is 4. The van der Waals surface area contributed by atoms with Gasteiger partial charge in [0.05, 0.1) is 45.7 Å². The lowest BCUT2D eigenvalue weighted by molar-refractivity contribution is -0.120. The zero-order valence-electron chi connectivity index (χ0n) is 30.9. The quantitative estimate of drug-likeness (QED) is 0.147. The second kappa shape index (κ2) is 14.6. The molecule has 4 aliphatic heterocycles. The SMILES string of the molecule is Cc1ccc(/C2=c3\cc/c([nH]3)=C(\c3ccc(C(=O)O)cc3)C3=N/C(=C(/c4ccc(OC=O)cc4)C4=NC(C=C4)/C(c4ccc(C(=O)O)cc4)=C4/C=CC2=N4)C=C3)cc1. The molecule has 58 heavy (non-hydrogen) atoms. The molecule has 0 saturated heterocycles. The Balaban J connectivity index is 1.36. The molecule has 3 N–H and O–H groups in total. The van der Waals surface area contributed by atoms with E-state index in [9.17, 15) is 24.6 Å². The molecule has 0 radical (unpaired) electrons. The van der Waals surface area contributed by atoms with Crippen LogP contribution in [0.3, 0.4) is 0 Å². The van der Waals surface area contributed by atoms with Crippen molar-refractivity contribution in [3.05, 3.63) is 207 Å².